The summed E-state index contributed by atoms with van der Waals surface area (Å²) in [5.41, 5.74) is 5.34. The Morgan fingerprint density at radius 2 is 1.24 bits per heavy atom. The lowest BCUT2D eigenvalue weighted by Gasteiger charge is -2.22. The molecule has 1 atom stereocenters. The summed E-state index contributed by atoms with van der Waals surface area (Å²) in [6, 6.07) is 35.0. The van der Waals surface area contributed by atoms with Crippen LogP contribution in [0.5, 0.6) is 0 Å². The first kappa shape index (κ1) is 17.3. The zero-order valence-electron chi connectivity index (χ0n) is 15.9. The Morgan fingerprint density at radius 3 is 1.86 bits per heavy atom. The average molecular weight is 376 g/mol. The maximum Gasteiger partial charge on any atom is 0.172 e. The van der Waals surface area contributed by atoms with Crippen molar-refractivity contribution in [2.75, 3.05) is 5.01 Å². The zero-order chi connectivity index (χ0) is 19.5. The van der Waals surface area contributed by atoms with Gasteiger partial charge in [0, 0.05) is 12.0 Å². The second-order valence-electron chi connectivity index (χ2n) is 7.03. The molecule has 0 fully saturated rings. The molecular weight excluding hydrogens is 356 g/mol. The maximum absolute atomic E-state index is 4.94. The van der Waals surface area contributed by atoms with Crippen LogP contribution in [0.25, 0.3) is 11.3 Å². The van der Waals surface area contributed by atoms with Gasteiger partial charge in [-0.1, -0.05) is 91.0 Å². The first-order chi connectivity index (χ1) is 14.4. The fourth-order valence-electron chi connectivity index (χ4n) is 3.67. The van der Waals surface area contributed by atoms with Gasteiger partial charge in [-0.25, -0.2) is 5.01 Å². The molecule has 0 saturated carbocycles. The Morgan fingerprint density at radius 1 is 0.621 bits per heavy atom. The van der Waals surface area contributed by atoms with Crippen molar-refractivity contribution in [1.29, 1.82) is 0 Å². The molecule has 1 aliphatic rings. The third-order valence-corrected chi connectivity index (χ3v) is 5.16. The van der Waals surface area contributed by atoms with Gasteiger partial charge >= 0.3 is 0 Å². The molecule has 5 rings (SSSR count). The van der Waals surface area contributed by atoms with Crippen LogP contribution >= 0.6 is 0 Å². The Labute approximate surface area is 170 Å². The molecule has 0 bridgehead atoms. The van der Waals surface area contributed by atoms with E-state index in [1.807, 2.05) is 71.7 Å². The molecule has 0 saturated heterocycles. The Bertz CT molecular complexity index is 1110. The number of hydrogen-bond donors (Lipinski definition) is 0. The van der Waals surface area contributed by atoms with Gasteiger partial charge in [-0.15, -0.1) is 10.2 Å². The molecule has 1 aromatic heterocycles. The summed E-state index contributed by atoms with van der Waals surface area (Å²) in [5, 5.41) is 15.9. The van der Waals surface area contributed by atoms with Crippen molar-refractivity contribution in [3.63, 3.8) is 0 Å². The predicted octanol–water partition coefficient (Wildman–Crippen LogP) is 5.50. The first-order valence-electron chi connectivity index (χ1n) is 9.75. The molecule has 1 unspecified atom stereocenters. The van der Waals surface area contributed by atoms with Gasteiger partial charge in [0.05, 0.1) is 17.4 Å². The van der Waals surface area contributed by atoms with E-state index in [0.29, 0.717) is 0 Å². The average Bonchev–Trinajstić information content (AvgIpc) is 3.27. The van der Waals surface area contributed by atoms with E-state index >= 15 is 0 Å². The lowest BCUT2D eigenvalue weighted by molar-refractivity contribution is 0.692. The molecule has 4 nitrogen and oxygen atoms in total. The summed E-state index contributed by atoms with van der Waals surface area (Å²) in [5.74, 6) is 0.754. The van der Waals surface area contributed by atoms with Crippen LogP contribution in [0.4, 0.5) is 5.82 Å². The number of benzene rings is 3. The third kappa shape index (κ3) is 3.52. The number of hydrazone groups is 1. The summed E-state index contributed by atoms with van der Waals surface area (Å²) in [6.07, 6.45) is 0.830. The van der Waals surface area contributed by atoms with E-state index in [-0.39, 0.29) is 6.04 Å². The van der Waals surface area contributed by atoms with Gasteiger partial charge in [0.1, 0.15) is 0 Å². The van der Waals surface area contributed by atoms with Crippen LogP contribution in [0.3, 0.4) is 0 Å². The third-order valence-electron chi connectivity index (χ3n) is 5.16. The second-order valence-corrected chi connectivity index (χ2v) is 7.03. The van der Waals surface area contributed by atoms with Crippen molar-refractivity contribution in [3.05, 3.63) is 114 Å². The molecule has 3 aromatic carbocycles. The van der Waals surface area contributed by atoms with Crippen LogP contribution in [0.2, 0.25) is 0 Å². The SMILES string of the molecule is c1ccc(C2=NN(c3ccc(-c4ccccc4)nn3)C(c3ccccc3)C2)cc1. The van der Waals surface area contributed by atoms with Gasteiger partial charge in [-0.05, 0) is 23.3 Å². The summed E-state index contributed by atoms with van der Waals surface area (Å²) < 4.78 is 0. The lowest BCUT2D eigenvalue weighted by atomic mass is 9.98. The largest absolute Gasteiger partial charge is 0.238 e. The minimum atomic E-state index is 0.100. The monoisotopic (exact) mass is 376 g/mol. The summed E-state index contributed by atoms with van der Waals surface area (Å²) in [7, 11) is 0. The topological polar surface area (TPSA) is 41.4 Å². The molecule has 4 aromatic rings. The highest BCUT2D eigenvalue weighted by Crippen LogP contribution is 2.35. The van der Waals surface area contributed by atoms with Crippen molar-refractivity contribution < 1.29 is 0 Å². The standard InChI is InChI=1S/C25H20N4/c1-4-10-19(11-5-1)22-16-17-25(27-26-22)29-24(21-14-8-3-9-15-21)18-23(28-29)20-12-6-2-7-13-20/h1-17,24H,18H2. The van der Waals surface area contributed by atoms with Crippen molar-refractivity contribution in [3.8, 4) is 11.3 Å². The molecule has 1 aliphatic heterocycles. The van der Waals surface area contributed by atoms with Crippen molar-refractivity contribution in [2.45, 2.75) is 12.5 Å². The van der Waals surface area contributed by atoms with Crippen LogP contribution in [0.15, 0.2) is 108 Å². The van der Waals surface area contributed by atoms with Gasteiger partial charge in [-0.3, -0.25) is 0 Å². The number of hydrogen-bond acceptors (Lipinski definition) is 4. The van der Waals surface area contributed by atoms with Gasteiger partial charge < -0.3 is 0 Å². The molecule has 0 N–H and O–H groups in total. The van der Waals surface area contributed by atoms with Gasteiger partial charge in [-0.2, -0.15) is 5.10 Å². The maximum atomic E-state index is 4.94. The second kappa shape index (κ2) is 7.68. The molecule has 4 heteroatoms. The van der Waals surface area contributed by atoms with Crippen LogP contribution in [0, 0.1) is 0 Å². The van der Waals surface area contributed by atoms with Crippen LogP contribution < -0.4 is 5.01 Å². The molecule has 0 amide bonds. The quantitative estimate of drug-likeness (QED) is 0.472. The minimum absolute atomic E-state index is 0.100. The van der Waals surface area contributed by atoms with Crippen molar-refractivity contribution in [2.24, 2.45) is 5.10 Å². The lowest BCUT2D eigenvalue weighted by Crippen LogP contribution is -2.20. The van der Waals surface area contributed by atoms with Crippen LogP contribution in [-0.2, 0) is 0 Å². The minimum Gasteiger partial charge on any atom is -0.238 e. The van der Waals surface area contributed by atoms with E-state index in [1.54, 1.807) is 0 Å². The van der Waals surface area contributed by atoms with Gasteiger partial charge in [0.2, 0.25) is 0 Å². The van der Waals surface area contributed by atoms with Crippen LogP contribution in [-0.4, -0.2) is 15.9 Å². The van der Waals surface area contributed by atoms with Crippen molar-refractivity contribution >= 4 is 11.5 Å². The molecular formula is C25H20N4. The van der Waals surface area contributed by atoms with Crippen LogP contribution in [0.1, 0.15) is 23.6 Å². The summed E-state index contributed by atoms with van der Waals surface area (Å²) in [6.45, 7) is 0. The van der Waals surface area contributed by atoms with E-state index in [2.05, 4.69) is 46.6 Å². The fraction of sp³-hybridized carbons (Fsp3) is 0.0800. The number of nitrogens with zero attached hydrogens (tertiary/aromatic N) is 4. The fourth-order valence-corrected chi connectivity index (χ4v) is 3.67. The predicted molar refractivity (Wildman–Crippen MR) is 117 cm³/mol. The molecule has 0 spiro atoms. The number of rotatable bonds is 4. The molecule has 0 radical (unpaired) electrons. The highest BCUT2D eigenvalue weighted by molar-refractivity contribution is 6.03. The Balaban J connectivity index is 1.51. The molecule has 140 valence electrons. The van der Waals surface area contributed by atoms with E-state index in [0.717, 1.165) is 34.8 Å². The van der Waals surface area contributed by atoms with E-state index in [9.17, 15) is 0 Å². The first-order valence-corrected chi connectivity index (χ1v) is 9.75. The Hall–Kier alpha value is -3.79. The highest BCUT2D eigenvalue weighted by atomic mass is 15.5. The van der Waals surface area contributed by atoms with E-state index in [4.69, 9.17) is 5.10 Å². The molecule has 2 heterocycles. The van der Waals surface area contributed by atoms with Gasteiger partial charge in [0.15, 0.2) is 5.82 Å². The summed E-state index contributed by atoms with van der Waals surface area (Å²) >= 11 is 0. The smallest absolute Gasteiger partial charge is 0.172 e. The highest BCUT2D eigenvalue weighted by Gasteiger charge is 2.30. The van der Waals surface area contributed by atoms with E-state index in [1.165, 1.54) is 5.56 Å². The normalized spacial score (nSPS) is 15.9. The zero-order valence-corrected chi connectivity index (χ0v) is 15.9. The Kier molecular flexibility index (Phi) is 4.59. The van der Waals surface area contributed by atoms with E-state index < -0.39 is 0 Å². The molecule has 0 aliphatic carbocycles. The number of anilines is 1. The molecule has 29 heavy (non-hydrogen) atoms. The van der Waals surface area contributed by atoms with Crippen molar-refractivity contribution in [1.82, 2.24) is 10.2 Å². The summed E-state index contributed by atoms with van der Waals surface area (Å²) in [4.78, 5) is 0. The number of aromatic nitrogens is 2. The van der Waals surface area contributed by atoms with Gasteiger partial charge in [0.25, 0.3) is 0 Å².